The molecule has 0 saturated carbocycles. The molecule has 0 spiro atoms. The second kappa shape index (κ2) is 6.77. The van der Waals surface area contributed by atoms with E-state index in [0.29, 0.717) is 11.3 Å². The highest BCUT2D eigenvalue weighted by Crippen LogP contribution is 2.43. The summed E-state index contributed by atoms with van der Waals surface area (Å²) in [4.78, 5) is 39.7. The molecular weight excluding hydrogens is 398 g/mol. The summed E-state index contributed by atoms with van der Waals surface area (Å²) in [6, 6.07) is 12.8. The molecule has 0 atom stereocenters. The predicted molar refractivity (Wildman–Crippen MR) is 109 cm³/mol. The number of thioether (sulfide) groups is 1. The lowest BCUT2D eigenvalue weighted by molar-refractivity contribution is -0.124. The zero-order chi connectivity index (χ0) is 20.0. The van der Waals surface area contributed by atoms with Crippen molar-refractivity contribution < 1.29 is 19.5 Å². The van der Waals surface area contributed by atoms with Crippen LogP contribution < -0.4 is 10.3 Å². The van der Waals surface area contributed by atoms with Gasteiger partial charge in [-0.3, -0.25) is 19.8 Å². The molecule has 2 aliphatic rings. The van der Waals surface area contributed by atoms with Crippen molar-refractivity contribution >= 4 is 57.3 Å². The first-order valence-corrected chi connectivity index (χ1v) is 9.39. The average molecular weight is 411 g/mol. The monoisotopic (exact) mass is 411 g/mol. The van der Waals surface area contributed by atoms with Gasteiger partial charge in [0.05, 0.1) is 16.2 Å². The number of nitrogens with zero attached hydrogens (tertiary/aromatic N) is 2. The molecule has 0 radical (unpaired) electrons. The minimum absolute atomic E-state index is 0.0226. The maximum absolute atomic E-state index is 12.9. The summed E-state index contributed by atoms with van der Waals surface area (Å²) in [7, 11) is 1.64. The third-order valence-electron chi connectivity index (χ3n) is 4.39. The highest BCUT2D eigenvalue weighted by atomic mass is 32.2. The molecule has 1 saturated heterocycles. The van der Waals surface area contributed by atoms with Crippen molar-refractivity contribution in [1.29, 1.82) is 0 Å². The van der Waals surface area contributed by atoms with Gasteiger partial charge in [0.2, 0.25) is 0 Å². The molecule has 2 heterocycles. The maximum Gasteiger partial charge on any atom is 0.286 e. The number of fused-ring (bicyclic) bond motifs is 1. The minimum Gasteiger partial charge on any atom is -0.508 e. The molecule has 2 aromatic carbocycles. The van der Waals surface area contributed by atoms with E-state index >= 15 is 0 Å². The Labute approximate surface area is 169 Å². The molecule has 4 rings (SSSR count). The van der Waals surface area contributed by atoms with Gasteiger partial charge in [-0.1, -0.05) is 30.0 Å². The zero-order valence-electron chi connectivity index (χ0n) is 14.5. The SMILES string of the molecule is CN1C(=O)C(=C2SC(=S)N(NC(=O)c3ccc(O)cc3)C2=O)c2ccccc21. The highest BCUT2D eigenvalue weighted by molar-refractivity contribution is 8.26. The molecule has 0 bridgehead atoms. The van der Waals surface area contributed by atoms with Crippen LogP contribution in [-0.4, -0.2) is 39.2 Å². The van der Waals surface area contributed by atoms with Crippen LogP contribution in [0, 0.1) is 0 Å². The van der Waals surface area contributed by atoms with E-state index < -0.39 is 11.8 Å². The van der Waals surface area contributed by atoms with Crippen molar-refractivity contribution in [2.24, 2.45) is 0 Å². The average Bonchev–Trinajstić information content (AvgIpc) is 3.10. The van der Waals surface area contributed by atoms with Gasteiger partial charge in [-0.15, -0.1) is 0 Å². The van der Waals surface area contributed by atoms with E-state index in [1.54, 1.807) is 25.2 Å². The predicted octanol–water partition coefficient (Wildman–Crippen LogP) is 2.29. The number of para-hydroxylation sites is 1. The number of hydrogen-bond donors (Lipinski definition) is 2. The molecule has 7 nitrogen and oxygen atoms in total. The van der Waals surface area contributed by atoms with Gasteiger partial charge in [0.1, 0.15) is 5.75 Å². The second-order valence-electron chi connectivity index (χ2n) is 6.08. The summed E-state index contributed by atoms with van der Waals surface area (Å²) in [6.07, 6.45) is 0. The van der Waals surface area contributed by atoms with Crippen molar-refractivity contribution in [2.75, 3.05) is 11.9 Å². The molecule has 0 unspecified atom stereocenters. The first-order valence-electron chi connectivity index (χ1n) is 8.16. The fourth-order valence-corrected chi connectivity index (χ4v) is 4.23. The van der Waals surface area contributed by atoms with Gasteiger partial charge in [-0.2, -0.15) is 5.01 Å². The molecule has 1 fully saturated rings. The summed E-state index contributed by atoms with van der Waals surface area (Å²) in [5.41, 5.74) is 4.35. The van der Waals surface area contributed by atoms with Gasteiger partial charge in [-0.05, 0) is 42.5 Å². The number of phenols is 1. The van der Waals surface area contributed by atoms with Gasteiger partial charge < -0.3 is 10.0 Å². The quantitative estimate of drug-likeness (QED) is 0.582. The third-order valence-corrected chi connectivity index (χ3v) is 5.77. The fourth-order valence-electron chi connectivity index (χ4n) is 2.98. The number of anilines is 1. The van der Waals surface area contributed by atoms with Gasteiger partial charge >= 0.3 is 0 Å². The lowest BCUT2D eigenvalue weighted by Gasteiger charge is -2.15. The number of hydrogen-bond acceptors (Lipinski definition) is 6. The number of nitrogens with one attached hydrogen (secondary N) is 1. The van der Waals surface area contributed by atoms with Gasteiger partial charge in [-0.25, -0.2) is 0 Å². The summed E-state index contributed by atoms with van der Waals surface area (Å²) in [6.45, 7) is 0. The number of likely N-dealkylation sites (N-methyl/N-ethyl adjacent to an activating group) is 1. The van der Waals surface area contributed by atoms with Crippen LogP contribution in [0.5, 0.6) is 5.75 Å². The van der Waals surface area contributed by atoms with Gasteiger partial charge in [0, 0.05) is 18.2 Å². The van der Waals surface area contributed by atoms with Gasteiger partial charge in [0.15, 0.2) is 4.32 Å². The smallest absolute Gasteiger partial charge is 0.286 e. The summed E-state index contributed by atoms with van der Waals surface area (Å²) >= 11 is 6.21. The number of benzene rings is 2. The van der Waals surface area contributed by atoms with Crippen LogP contribution in [0.2, 0.25) is 0 Å². The summed E-state index contributed by atoms with van der Waals surface area (Å²) < 4.78 is 0.125. The molecule has 2 aromatic rings. The molecule has 2 aliphatic heterocycles. The minimum atomic E-state index is -0.560. The zero-order valence-corrected chi connectivity index (χ0v) is 16.1. The molecule has 3 amide bonds. The van der Waals surface area contributed by atoms with Crippen molar-refractivity contribution in [2.45, 2.75) is 0 Å². The summed E-state index contributed by atoms with van der Waals surface area (Å²) in [5.74, 6) is -1.39. The number of carbonyl (C=O) groups excluding carboxylic acids is 3. The van der Waals surface area contributed by atoms with Crippen molar-refractivity contribution in [3.63, 3.8) is 0 Å². The van der Waals surface area contributed by atoms with E-state index in [4.69, 9.17) is 12.2 Å². The van der Waals surface area contributed by atoms with E-state index in [1.165, 1.54) is 29.2 Å². The van der Waals surface area contributed by atoms with E-state index in [2.05, 4.69) is 5.43 Å². The Kier molecular flexibility index (Phi) is 4.40. The first-order chi connectivity index (χ1) is 13.4. The number of thiocarbonyl (C=S) groups is 1. The Hall–Kier alpha value is -3.17. The number of phenolic OH excluding ortho intramolecular Hbond substituents is 1. The van der Waals surface area contributed by atoms with Crippen LogP contribution in [0.15, 0.2) is 53.4 Å². The van der Waals surface area contributed by atoms with Crippen LogP contribution in [-0.2, 0) is 9.59 Å². The van der Waals surface area contributed by atoms with Crippen molar-refractivity contribution in [1.82, 2.24) is 10.4 Å². The normalized spacial score (nSPS) is 18.7. The summed E-state index contributed by atoms with van der Waals surface area (Å²) in [5, 5.41) is 10.3. The first kappa shape index (κ1) is 18.2. The largest absolute Gasteiger partial charge is 0.508 e. The maximum atomic E-state index is 12.9. The number of aromatic hydroxyl groups is 1. The highest BCUT2D eigenvalue weighted by Gasteiger charge is 2.41. The molecular formula is C19H13N3O4S2. The Bertz CT molecular complexity index is 1080. The Balaban J connectivity index is 1.66. The van der Waals surface area contributed by atoms with Crippen LogP contribution in [0.3, 0.4) is 0 Å². The van der Waals surface area contributed by atoms with E-state index in [1.807, 2.05) is 6.07 Å². The molecule has 28 heavy (non-hydrogen) atoms. The van der Waals surface area contributed by atoms with E-state index in [0.717, 1.165) is 16.8 Å². The Morgan fingerprint density at radius 1 is 1.07 bits per heavy atom. The molecule has 140 valence electrons. The second-order valence-corrected chi connectivity index (χ2v) is 7.73. The lowest BCUT2D eigenvalue weighted by atomic mass is 10.1. The number of carbonyl (C=O) groups is 3. The van der Waals surface area contributed by atoms with Crippen molar-refractivity contribution in [3.8, 4) is 5.75 Å². The van der Waals surface area contributed by atoms with Crippen molar-refractivity contribution in [3.05, 3.63) is 64.6 Å². The Morgan fingerprint density at radius 3 is 2.46 bits per heavy atom. The number of rotatable bonds is 2. The van der Waals surface area contributed by atoms with E-state index in [-0.39, 0.29) is 32.0 Å². The number of hydrazine groups is 1. The van der Waals surface area contributed by atoms with Crippen LogP contribution in [0.4, 0.5) is 5.69 Å². The lowest BCUT2D eigenvalue weighted by Crippen LogP contribution is -2.45. The van der Waals surface area contributed by atoms with Crippen LogP contribution in [0.25, 0.3) is 5.57 Å². The standard InChI is InChI=1S/C19H13N3O4S2/c1-21-13-5-3-2-4-12(13)14(17(21)25)15-18(26)22(19(27)28-15)20-16(24)10-6-8-11(23)9-7-10/h2-9,23H,1H3,(H,20,24). The molecule has 9 heteroatoms. The van der Waals surface area contributed by atoms with Crippen LogP contribution in [0.1, 0.15) is 15.9 Å². The third kappa shape index (κ3) is 2.85. The molecule has 2 N–H and O–H groups in total. The molecule has 0 aliphatic carbocycles. The fraction of sp³-hybridized carbons (Fsp3) is 0.0526. The van der Waals surface area contributed by atoms with Crippen LogP contribution >= 0.6 is 24.0 Å². The molecule has 0 aromatic heterocycles. The topological polar surface area (TPSA) is 90.0 Å². The van der Waals surface area contributed by atoms with Gasteiger partial charge in [0.25, 0.3) is 17.7 Å². The van der Waals surface area contributed by atoms with E-state index in [9.17, 15) is 19.5 Å². The number of amides is 3. The Morgan fingerprint density at radius 2 is 1.75 bits per heavy atom.